The zero-order valence-electron chi connectivity index (χ0n) is 16.7. The van der Waals surface area contributed by atoms with Crippen LogP contribution in [-0.2, 0) is 4.74 Å². The molecule has 3 heterocycles. The normalized spacial score (nSPS) is 20.9. The number of nitrogens with zero attached hydrogens (tertiary/aromatic N) is 3. The summed E-state index contributed by atoms with van der Waals surface area (Å²) >= 11 is 7.79. The number of ether oxygens (including phenoxy) is 1. The summed E-state index contributed by atoms with van der Waals surface area (Å²) < 4.78 is 23.0. The zero-order chi connectivity index (χ0) is 20.9. The van der Waals surface area contributed by atoms with Crippen molar-refractivity contribution in [3.63, 3.8) is 0 Å². The van der Waals surface area contributed by atoms with E-state index in [1.165, 1.54) is 22.7 Å². The van der Waals surface area contributed by atoms with Gasteiger partial charge >= 0.3 is 0 Å². The van der Waals surface area contributed by atoms with Crippen LogP contribution in [-0.4, -0.2) is 46.9 Å². The fourth-order valence-electron chi connectivity index (χ4n) is 3.89. The molecule has 1 atom stereocenters. The number of hydrogen-bond donors (Lipinski definition) is 1. The van der Waals surface area contributed by atoms with Crippen LogP contribution in [0.1, 0.15) is 31.7 Å². The van der Waals surface area contributed by atoms with Crippen LogP contribution in [0, 0.1) is 11.7 Å². The van der Waals surface area contributed by atoms with Crippen LogP contribution >= 0.6 is 23.5 Å². The molecule has 4 rings (SSSR count). The molecule has 0 saturated carbocycles. The van der Waals surface area contributed by atoms with Gasteiger partial charge in [-0.1, -0.05) is 23.7 Å². The smallest absolute Gasteiger partial charge is 0.287 e. The van der Waals surface area contributed by atoms with Gasteiger partial charge in [0.1, 0.15) is 10.8 Å². The molecule has 1 aromatic carbocycles. The summed E-state index contributed by atoms with van der Waals surface area (Å²) in [6, 6.07) is 6.77. The van der Waals surface area contributed by atoms with Gasteiger partial charge in [0.05, 0.1) is 29.4 Å². The Morgan fingerprint density at radius 3 is 2.80 bits per heavy atom. The number of halogens is 2. The third kappa shape index (κ3) is 5.17. The topological polar surface area (TPSA) is 59.4 Å². The maximum Gasteiger partial charge on any atom is 0.287 e. The van der Waals surface area contributed by atoms with E-state index in [0.29, 0.717) is 16.5 Å². The van der Waals surface area contributed by atoms with Gasteiger partial charge in [-0.3, -0.25) is 4.79 Å². The molecule has 2 saturated heterocycles. The van der Waals surface area contributed by atoms with Gasteiger partial charge in [-0.25, -0.2) is 13.4 Å². The predicted molar refractivity (Wildman–Crippen MR) is 118 cm³/mol. The Morgan fingerprint density at radius 1 is 1.27 bits per heavy atom. The second-order valence-corrected chi connectivity index (χ2v) is 9.28. The maximum absolute atomic E-state index is 13.9. The Balaban J connectivity index is 1.35. The molecule has 0 radical (unpaired) electrons. The summed E-state index contributed by atoms with van der Waals surface area (Å²) in [6.45, 7) is 3.77. The average molecular weight is 453 g/mol. The number of anilines is 1. The molecule has 9 heteroatoms. The number of hydrogen-bond acceptors (Lipinski definition) is 6. The summed E-state index contributed by atoms with van der Waals surface area (Å²) in [4.78, 5) is 13.4. The number of nitrogens with one attached hydrogen (secondary N) is 1. The lowest BCUT2D eigenvalue weighted by Crippen LogP contribution is -2.36. The van der Waals surface area contributed by atoms with Gasteiger partial charge in [0.15, 0.2) is 0 Å². The van der Waals surface area contributed by atoms with E-state index in [9.17, 15) is 9.18 Å². The van der Waals surface area contributed by atoms with Crippen molar-refractivity contribution in [3.05, 3.63) is 51.7 Å². The first kappa shape index (κ1) is 21.6. The average Bonchev–Trinajstić information content (AvgIpc) is 2.78. The van der Waals surface area contributed by atoms with E-state index in [0.717, 1.165) is 58.5 Å². The Morgan fingerprint density at radius 2 is 2.07 bits per heavy atom. The molecule has 0 aliphatic carbocycles. The summed E-state index contributed by atoms with van der Waals surface area (Å²) in [5.41, 5.74) is 0.317. The Labute approximate surface area is 184 Å². The molecule has 162 valence electrons. The summed E-state index contributed by atoms with van der Waals surface area (Å²) in [6.07, 6.45) is 5.34. The van der Waals surface area contributed by atoms with Crippen molar-refractivity contribution in [1.29, 1.82) is 0 Å². The van der Waals surface area contributed by atoms with Crippen molar-refractivity contribution < 1.29 is 9.13 Å². The van der Waals surface area contributed by atoms with E-state index in [4.69, 9.17) is 16.3 Å². The predicted octanol–water partition coefficient (Wildman–Crippen LogP) is 4.22. The second-order valence-electron chi connectivity index (χ2n) is 7.77. The molecule has 2 fully saturated rings. The van der Waals surface area contributed by atoms with E-state index in [1.54, 1.807) is 18.3 Å². The monoisotopic (exact) mass is 452 g/mol. The van der Waals surface area contributed by atoms with E-state index in [-0.39, 0.29) is 22.4 Å². The number of aromatic nitrogens is 2. The highest BCUT2D eigenvalue weighted by Crippen LogP contribution is 2.31. The Hall–Kier alpha value is -1.61. The highest BCUT2D eigenvalue weighted by Gasteiger charge is 2.25. The lowest BCUT2D eigenvalue weighted by molar-refractivity contribution is 0.0595. The first-order valence-corrected chi connectivity index (χ1v) is 11.5. The molecule has 0 amide bonds. The van der Waals surface area contributed by atoms with E-state index in [1.807, 2.05) is 6.07 Å². The fourth-order valence-corrected chi connectivity index (χ4v) is 5.06. The van der Waals surface area contributed by atoms with Gasteiger partial charge in [0.25, 0.3) is 5.56 Å². The first-order valence-electron chi connectivity index (χ1n) is 10.4. The van der Waals surface area contributed by atoms with Gasteiger partial charge in [-0.05, 0) is 55.7 Å². The second kappa shape index (κ2) is 10.1. The molecule has 2 aromatic rings. The minimum Gasteiger partial charge on any atom is -0.382 e. The minimum absolute atomic E-state index is 0.00624. The van der Waals surface area contributed by atoms with Crippen LogP contribution < -0.4 is 10.9 Å². The Kier molecular flexibility index (Phi) is 7.30. The highest BCUT2D eigenvalue weighted by molar-refractivity contribution is 7.97. The van der Waals surface area contributed by atoms with Crippen LogP contribution in [0.3, 0.4) is 0 Å². The van der Waals surface area contributed by atoms with E-state index < -0.39 is 0 Å². The standard InChI is InChI=1S/C21H26ClFN4O2S/c22-20-18(24-12-15-4-3-11-29-14-15)13-25-27(21(20)28)16-7-9-26(10-8-16)30-19-6-2-1-5-17(19)23/h1-2,5-6,13,15-16,24H,3-4,7-12,14H2. The van der Waals surface area contributed by atoms with Gasteiger partial charge < -0.3 is 10.1 Å². The van der Waals surface area contributed by atoms with Crippen LogP contribution in [0.4, 0.5) is 10.1 Å². The maximum atomic E-state index is 13.9. The highest BCUT2D eigenvalue weighted by atomic mass is 35.5. The molecule has 2 aliphatic heterocycles. The van der Waals surface area contributed by atoms with Gasteiger partial charge in [-0.2, -0.15) is 5.10 Å². The SMILES string of the molecule is O=c1c(Cl)c(NCC2CCCOC2)cnn1C1CCN(Sc2ccccc2F)CC1. The molecule has 0 spiro atoms. The van der Waals surface area contributed by atoms with Gasteiger partial charge in [0, 0.05) is 26.2 Å². The molecule has 6 nitrogen and oxygen atoms in total. The third-order valence-corrected chi connectivity index (χ3v) is 7.13. The van der Waals surface area contributed by atoms with Crippen molar-refractivity contribution in [2.45, 2.75) is 36.6 Å². The molecule has 0 bridgehead atoms. The van der Waals surface area contributed by atoms with Crippen LogP contribution in [0.25, 0.3) is 0 Å². The van der Waals surface area contributed by atoms with Gasteiger partial charge in [0.2, 0.25) is 0 Å². The molecule has 1 aromatic heterocycles. The molecule has 1 unspecified atom stereocenters. The molecular weight excluding hydrogens is 427 g/mol. The quantitative estimate of drug-likeness (QED) is 0.662. The van der Waals surface area contributed by atoms with E-state index >= 15 is 0 Å². The Bertz CT molecular complexity index is 914. The number of piperidine rings is 1. The molecular formula is C21H26ClFN4O2S. The van der Waals surface area contributed by atoms with Crippen molar-refractivity contribution in [1.82, 2.24) is 14.1 Å². The molecule has 30 heavy (non-hydrogen) atoms. The molecule has 2 aliphatic rings. The summed E-state index contributed by atoms with van der Waals surface area (Å²) in [5, 5.41) is 7.83. The fraction of sp³-hybridized carbons (Fsp3) is 0.524. The third-order valence-electron chi connectivity index (χ3n) is 5.61. The van der Waals surface area contributed by atoms with Crippen molar-refractivity contribution in [2.75, 3.05) is 38.2 Å². The van der Waals surface area contributed by atoms with Crippen molar-refractivity contribution in [2.24, 2.45) is 5.92 Å². The lowest BCUT2D eigenvalue weighted by atomic mass is 10.0. The number of rotatable bonds is 6. The zero-order valence-corrected chi connectivity index (χ0v) is 18.3. The van der Waals surface area contributed by atoms with Crippen LogP contribution in [0.2, 0.25) is 5.02 Å². The molecule has 1 N–H and O–H groups in total. The van der Waals surface area contributed by atoms with E-state index in [2.05, 4.69) is 14.7 Å². The van der Waals surface area contributed by atoms with Crippen LogP contribution in [0.5, 0.6) is 0 Å². The van der Waals surface area contributed by atoms with Crippen molar-refractivity contribution in [3.8, 4) is 0 Å². The minimum atomic E-state index is -0.262. The lowest BCUT2D eigenvalue weighted by Gasteiger charge is -2.31. The van der Waals surface area contributed by atoms with Gasteiger partial charge in [-0.15, -0.1) is 0 Å². The van der Waals surface area contributed by atoms with Crippen LogP contribution in [0.15, 0.2) is 40.2 Å². The summed E-state index contributed by atoms with van der Waals surface area (Å²) in [7, 11) is 0. The van der Waals surface area contributed by atoms with Crippen molar-refractivity contribution >= 4 is 29.2 Å². The number of benzene rings is 1. The summed E-state index contributed by atoms with van der Waals surface area (Å²) in [5.74, 6) is 0.214. The first-order chi connectivity index (χ1) is 14.6. The largest absolute Gasteiger partial charge is 0.382 e.